The Bertz CT molecular complexity index is 508. The second kappa shape index (κ2) is 8.52. The maximum atomic E-state index is 4.20. The molecule has 1 atom stereocenters. The number of hydrogen-bond donors (Lipinski definition) is 1. The van der Waals surface area contributed by atoms with Crippen LogP contribution in [0.2, 0.25) is 0 Å². The van der Waals surface area contributed by atoms with Gasteiger partial charge in [0.2, 0.25) is 0 Å². The molecule has 2 rings (SSSR count). The molecule has 0 radical (unpaired) electrons. The molecule has 21 heavy (non-hydrogen) atoms. The van der Waals surface area contributed by atoms with Gasteiger partial charge in [-0.3, -0.25) is 4.98 Å². The maximum absolute atomic E-state index is 4.20. The minimum absolute atomic E-state index is 0.298. The van der Waals surface area contributed by atoms with Crippen molar-refractivity contribution in [1.29, 1.82) is 0 Å². The number of aryl methyl sites for hydroxylation is 2. The van der Waals surface area contributed by atoms with E-state index in [0.29, 0.717) is 6.04 Å². The van der Waals surface area contributed by atoms with Crippen LogP contribution in [0.4, 0.5) is 0 Å². The third-order valence-corrected chi connectivity index (χ3v) is 3.53. The van der Waals surface area contributed by atoms with Gasteiger partial charge in [-0.2, -0.15) is 0 Å². The fourth-order valence-corrected chi connectivity index (χ4v) is 2.45. The van der Waals surface area contributed by atoms with E-state index in [4.69, 9.17) is 0 Å². The van der Waals surface area contributed by atoms with E-state index in [2.05, 4.69) is 40.5 Å². The Morgan fingerprint density at radius 3 is 2.86 bits per heavy atom. The first kappa shape index (κ1) is 15.6. The highest BCUT2D eigenvalue weighted by Gasteiger charge is 2.16. The summed E-state index contributed by atoms with van der Waals surface area (Å²) >= 11 is 0. The second-order valence-corrected chi connectivity index (χ2v) is 5.29. The number of pyridine rings is 1. The molecule has 0 aliphatic carbocycles. The molecule has 0 fully saturated rings. The number of aromatic nitrogens is 4. The summed E-state index contributed by atoms with van der Waals surface area (Å²) in [7, 11) is 0. The third kappa shape index (κ3) is 4.63. The van der Waals surface area contributed by atoms with E-state index in [9.17, 15) is 0 Å². The highest BCUT2D eigenvalue weighted by atomic mass is 15.4. The van der Waals surface area contributed by atoms with Crippen LogP contribution in [0, 0.1) is 0 Å². The molecule has 114 valence electrons. The van der Waals surface area contributed by atoms with Crippen LogP contribution in [-0.4, -0.2) is 26.5 Å². The van der Waals surface area contributed by atoms with E-state index < -0.39 is 0 Å². The zero-order chi connectivity index (χ0) is 14.9. The smallest absolute Gasteiger partial charge is 0.0756 e. The molecule has 0 aliphatic rings. The van der Waals surface area contributed by atoms with Gasteiger partial charge in [0.25, 0.3) is 0 Å². The minimum atomic E-state index is 0.298. The van der Waals surface area contributed by atoms with E-state index in [1.807, 2.05) is 29.3 Å². The van der Waals surface area contributed by atoms with Gasteiger partial charge in [-0.15, -0.1) is 5.10 Å². The van der Waals surface area contributed by atoms with Crippen LogP contribution in [0.25, 0.3) is 0 Å². The van der Waals surface area contributed by atoms with Crippen LogP contribution < -0.4 is 5.32 Å². The molecular weight excluding hydrogens is 262 g/mol. The van der Waals surface area contributed by atoms with Gasteiger partial charge in [0.1, 0.15) is 0 Å². The molecule has 0 aliphatic heterocycles. The molecule has 5 nitrogen and oxygen atoms in total. The summed E-state index contributed by atoms with van der Waals surface area (Å²) in [5.41, 5.74) is 2.46. The summed E-state index contributed by atoms with van der Waals surface area (Å²) in [6, 6.07) is 4.42. The molecule has 2 aromatic heterocycles. The Morgan fingerprint density at radius 1 is 1.24 bits per heavy atom. The van der Waals surface area contributed by atoms with E-state index in [1.165, 1.54) is 11.3 Å². The van der Waals surface area contributed by atoms with Crippen LogP contribution in [0.1, 0.15) is 50.4 Å². The average molecular weight is 287 g/mol. The van der Waals surface area contributed by atoms with Gasteiger partial charge in [0, 0.05) is 18.9 Å². The lowest BCUT2D eigenvalue weighted by atomic mass is 10.0. The van der Waals surface area contributed by atoms with Crippen molar-refractivity contribution >= 4 is 0 Å². The highest BCUT2D eigenvalue weighted by Crippen LogP contribution is 2.18. The van der Waals surface area contributed by atoms with Crippen molar-refractivity contribution in [2.45, 2.75) is 52.1 Å². The van der Waals surface area contributed by atoms with Crippen molar-refractivity contribution < 1.29 is 0 Å². The summed E-state index contributed by atoms with van der Waals surface area (Å²) in [4.78, 5) is 4.18. The van der Waals surface area contributed by atoms with Gasteiger partial charge >= 0.3 is 0 Å². The monoisotopic (exact) mass is 287 g/mol. The number of nitrogens with zero attached hydrogens (tertiary/aromatic N) is 4. The van der Waals surface area contributed by atoms with Gasteiger partial charge in [0.15, 0.2) is 0 Å². The predicted molar refractivity (Wildman–Crippen MR) is 83.9 cm³/mol. The lowest BCUT2D eigenvalue weighted by molar-refractivity contribution is 0.446. The Hall–Kier alpha value is -1.75. The molecule has 0 amide bonds. The fourth-order valence-electron chi connectivity index (χ4n) is 2.45. The van der Waals surface area contributed by atoms with E-state index >= 15 is 0 Å². The van der Waals surface area contributed by atoms with Crippen LogP contribution in [0.5, 0.6) is 0 Å². The second-order valence-electron chi connectivity index (χ2n) is 5.29. The number of nitrogens with one attached hydrogen (secondary N) is 1. The first-order valence-electron chi connectivity index (χ1n) is 7.85. The molecular formula is C16H25N5. The Kier molecular flexibility index (Phi) is 6.34. The normalized spacial score (nSPS) is 12.5. The fraction of sp³-hybridized carbons (Fsp3) is 0.562. The highest BCUT2D eigenvalue weighted by molar-refractivity contribution is 5.10. The van der Waals surface area contributed by atoms with Gasteiger partial charge in [-0.05, 0) is 43.9 Å². The largest absolute Gasteiger partial charge is 0.309 e. The molecule has 1 unspecified atom stereocenters. The minimum Gasteiger partial charge on any atom is -0.309 e. The molecule has 2 heterocycles. The van der Waals surface area contributed by atoms with Crippen molar-refractivity contribution in [1.82, 2.24) is 25.3 Å². The number of hydrogen-bond acceptors (Lipinski definition) is 4. The van der Waals surface area contributed by atoms with Crippen molar-refractivity contribution in [3.8, 4) is 0 Å². The van der Waals surface area contributed by atoms with Gasteiger partial charge in [-0.1, -0.05) is 25.1 Å². The molecule has 0 bridgehead atoms. The maximum Gasteiger partial charge on any atom is 0.0756 e. The third-order valence-electron chi connectivity index (χ3n) is 3.53. The van der Waals surface area contributed by atoms with Crippen molar-refractivity contribution in [2.75, 3.05) is 6.54 Å². The van der Waals surface area contributed by atoms with Gasteiger partial charge in [0.05, 0.1) is 17.9 Å². The van der Waals surface area contributed by atoms with Crippen molar-refractivity contribution in [2.24, 2.45) is 0 Å². The standard InChI is InChI=1S/C16H25N5/c1-3-9-18-15(8-7-14-6-5-10-17-12-14)16-13-19-20-21(16)11-4-2/h5-6,10,12-13,15,18H,3-4,7-9,11H2,1-2H3. The first-order valence-corrected chi connectivity index (χ1v) is 7.85. The Labute approximate surface area is 126 Å². The summed E-state index contributed by atoms with van der Waals surface area (Å²) in [5.74, 6) is 0. The van der Waals surface area contributed by atoms with Crippen molar-refractivity contribution in [3.63, 3.8) is 0 Å². The number of rotatable bonds is 9. The van der Waals surface area contributed by atoms with Crippen LogP contribution in [-0.2, 0) is 13.0 Å². The molecule has 0 saturated carbocycles. The topological polar surface area (TPSA) is 55.6 Å². The summed E-state index contributed by atoms with van der Waals surface area (Å²) in [6.45, 7) is 6.28. The van der Waals surface area contributed by atoms with Crippen LogP contribution in [0.3, 0.4) is 0 Å². The van der Waals surface area contributed by atoms with Gasteiger partial charge in [-0.25, -0.2) is 4.68 Å². The Balaban J connectivity index is 2.04. The quantitative estimate of drug-likeness (QED) is 0.770. The van der Waals surface area contributed by atoms with Crippen LogP contribution >= 0.6 is 0 Å². The lowest BCUT2D eigenvalue weighted by Crippen LogP contribution is -2.25. The molecule has 1 N–H and O–H groups in total. The van der Waals surface area contributed by atoms with E-state index in [0.717, 1.165) is 38.8 Å². The zero-order valence-corrected chi connectivity index (χ0v) is 13.0. The summed E-state index contributed by atoms with van der Waals surface area (Å²) in [6.07, 6.45) is 9.88. The van der Waals surface area contributed by atoms with Crippen LogP contribution in [0.15, 0.2) is 30.7 Å². The molecule has 0 aromatic carbocycles. The molecule has 5 heteroatoms. The SMILES string of the molecule is CCCNC(CCc1cccnc1)c1cnnn1CCC. The summed E-state index contributed by atoms with van der Waals surface area (Å²) in [5, 5.41) is 11.9. The van der Waals surface area contributed by atoms with Crippen molar-refractivity contribution in [3.05, 3.63) is 42.0 Å². The van der Waals surface area contributed by atoms with E-state index in [-0.39, 0.29) is 0 Å². The first-order chi connectivity index (χ1) is 10.3. The molecule has 0 saturated heterocycles. The molecule has 0 spiro atoms. The van der Waals surface area contributed by atoms with Gasteiger partial charge < -0.3 is 5.32 Å². The lowest BCUT2D eigenvalue weighted by Gasteiger charge is -2.19. The zero-order valence-electron chi connectivity index (χ0n) is 13.0. The summed E-state index contributed by atoms with van der Waals surface area (Å²) < 4.78 is 2.02. The predicted octanol–water partition coefficient (Wildman–Crippen LogP) is 2.76. The van der Waals surface area contributed by atoms with E-state index in [1.54, 1.807) is 0 Å². The Morgan fingerprint density at radius 2 is 2.14 bits per heavy atom. The molecule has 2 aromatic rings. The average Bonchev–Trinajstić information content (AvgIpc) is 2.97.